The van der Waals surface area contributed by atoms with Gasteiger partial charge in [0.1, 0.15) is 0 Å². The van der Waals surface area contributed by atoms with Gasteiger partial charge in [-0.2, -0.15) is 0 Å². The van der Waals surface area contributed by atoms with Crippen LogP contribution in [0.15, 0.2) is 0 Å². The average Bonchev–Trinajstić information content (AvgIpc) is 2.02. The second-order valence-corrected chi connectivity index (χ2v) is 3.16. The third kappa shape index (κ3) is 7.54. The molecule has 3 N–H and O–H groups in total. The van der Waals surface area contributed by atoms with Crippen LogP contribution >= 0.6 is 0 Å². The zero-order valence-corrected chi connectivity index (χ0v) is 8.67. The molecule has 0 aromatic rings. The lowest BCUT2D eigenvalue weighted by Gasteiger charge is -2.10. The van der Waals surface area contributed by atoms with E-state index in [4.69, 9.17) is 5.11 Å². The maximum absolute atomic E-state index is 11.0. The van der Waals surface area contributed by atoms with Crippen LogP contribution in [0.2, 0.25) is 0 Å². The summed E-state index contributed by atoms with van der Waals surface area (Å²) in [5, 5.41) is 14.1. The molecule has 0 heterocycles. The molecule has 0 bridgehead atoms. The van der Waals surface area contributed by atoms with Crippen LogP contribution in [-0.4, -0.2) is 36.1 Å². The van der Waals surface area contributed by atoms with Crippen molar-refractivity contribution in [2.75, 3.05) is 13.1 Å². The van der Waals surface area contributed by atoms with Crippen LogP contribution in [0.3, 0.4) is 0 Å². The molecule has 0 fully saturated rings. The summed E-state index contributed by atoms with van der Waals surface area (Å²) in [6.07, 6.45) is 0.465. The van der Waals surface area contributed by atoms with Crippen molar-refractivity contribution in [3.63, 3.8) is 0 Å². The van der Waals surface area contributed by atoms with Gasteiger partial charge in [-0.15, -0.1) is 0 Å². The van der Waals surface area contributed by atoms with Crippen molar-refractivity contribution in [1.82, 2.24) is 10.6 Å². The summed E-state index contributed by atoms with van der Waals surface area (Å²) in [7, 11) is 0. The Morgan fingerprint density at radius 3 is 2.57 bits per heavy atom. The monoisotopic (exact) mass is 202 g/mol. The number of hydrogen-bond acceptors (Lipinski definition) is 3. The smallest absolute Gasteiger partial charge is 0.304 e. The van der Waals surface area contributed by atoms with Gasteiger partial charge in [-0.3, -0.25) is 9.59 Å². The SMILES string of the molecule is CCNC(=O)CCNC(C)CC(=O)O. The van der Waals surface area contributed by atoms with Crippen LogP contribution < -0.4 is 10.6 Å². The second-order valence-electron chi connectivity index (χ2n) is 3.16. The fourth-order valence-electron chi connectivity index (χ4n) is 1.05. The predicted molar refractivity (Wildman–Crippen MR) is 53.0 cm³/mol. The molecule has 0 aliphatic carbocycles. The van der Waals surface area contributed by atoms with E-state index in [-0.39, 0.29) is 18.4 Å². The Balaban J connectivity index is 3.43. The Morgan fingerprint density at radius 2 is 2.07 bits per heavy atom. The highest BCUT2D eigenvalue weighted by Crippen LogP contribution is 1.90. The molecule has 0 aromatic heterocycles. The lowest BCUT2D eigenvalue weighted by Crippen LogP contribution is -2.33. The highest BCUT2D eigenvalue weighted by Gasteiger charge is 2.06. The normalized spacial score (nSPS) is 12.1. The molecule has 0 saturated heterocycles. The van der Waals surface area contributed by atoms with E-state index < -0.39 is 5.97 Å². The molecule has 0 spiro atoms. The quantitative estimate of drug-likeness (QED) is 0.541. The number of aliphatic carboxylic acids is 1. The molecule has 14 heavy (non-hydrogen) atoms. The number of rotatable bonds is 7. The van der Waals surface area contributed by atoms with E-state index >= 15 is 0 Å². The molecule has 0 aromatic carbocycles. The summed E-state index contributed by atoms with van der Waals surface area (Å²) in [6.45, 7) is 4.79. The minimum absolute atomic E-state index is 0.0116. The number of carboxylic acid groups (broad SMARTS) is 1. The first kappa shape index (κ1) is 12.9. The van der Waals surface area contributed by atoms with Crippen molar-refractivity contribution < 1.29 is 14.7 Å². The summed E-state index contributed by atoms with van der Waals surface area (Å²) in [5.41, 5.74) is 0. The van der Waals surface area contributed by atoms with Crippen molar-refractivity contribution in [3.05, 3.63) is 0 Å². The lowest BCUT2D eigenvalue weighted by molar-refractivity contribution is -0.137. The van der Waals surface area contributed by atoms with E-state index in [1.807, 2.05) is 6.92 Å². The van der Waals surface area contributed by atoms with Gasteiger partial charge >= 0.3 is 5.97 Å². The molecule has 5 nitrogen and oxygen atoms in total. The molecule has 1 amide bonds. The lowest BCUT2D eigenvalue weighted by atomic mass is 10.2. The third-order valence-corrected chi connectivity index (χ3v) is 1.70. The van der Waals surface area contributed by atoms with Gasteiger partial charge in [-0.25, -0.2) is 0 Å². The minimum Gasteiger partial charge on any atom is -0.481 e. The number of amides is 1. The largest absolute Gasteiger partial charge is 0.481 e. The number of nitrogens with one attached hydrogen (secondary N) is 2. The molecule has 82 valence electrons. The van der Waals surface area contributed by atoms with Gasteiger partial charge in [0.2, 0.25) is 5.91 Å². The van der Waals surface area contributed by atoms with Crippen molar-refractivity contribution in [2.24, 2.45) is 0 Å². The maximum Gasteiger partial charge on any atom is 0.304 e. The van der Waals surface area contributed by atoms with Crippen LogP contribution in [0.1, 0.15) is 26.7 Å². The van der Waals surface area contributed by atoms with Gasteiger partial charge in [0, 0.05) is 25.6 Å². The average molecular weight is 202 g/mol. The first-order chi connectivity index (χ1) is 6.56. The summed E-state index contributed by atoms with van der Waals surface area (Å²) < 4.78 is 0. The van der Waals surface area contributed by atoms with E-state index in [0.717, 1.165) is 0 Å². The van der Waals surface area contributed by atoms with E-state index in [0.29, 0.717) is 19.5 Å². The predicted octanol–water partition coefficient (Wildman–Crippen LogP) is -0.0346. The standard InChI is InChI=1S/C9H18N2O3/c1-3-10-8(12)4-5-11-7(2)6-9(13)14/h7,11H,3-6H2,1-2H3,(H,10,12)(H,13,14). The molecular weight excluding hydrogens is 184 g/mol. The molecule has 1 unspecified atom stereocenters. The number of carboxylic acids is 1. The van der Waals surface area contributed by atoms with Crippen LogP contribution in [0, 0.1) is 0 Å². The zero-order chi connectivity index (χ0) is 11.0. The highest BCUT2D eigenvalue weighted by molar-refractivity contribution is 5.75. The third-order valence-electron chi connectivity index (χ3n) is 1.70. The van der Waals surface area contributed by atoms with Crippen LogP contribution in [-0.2, 0) is 9.59 Å². The van der Waals surface area contributed by atoms with Crippen LogP contribution in [0.25, 0.3) is 0 Å². The van der Waals surface area contributed by atoms with Gasteiger partial charge in [-0.05, 0) is 13.8 Å². The fraction of sp³-hybridized carbons (Fsp3) is 0.778. The molecule has 0 radical (unpaired) electrons. The molecule has 0 saturated carbocycles. The summed E-state index contributed by atoms with van der Waals surface area (Å²) >= 11 is 0. The van der Waals surface area contributed by atoms with E-state index in [9.17, 15) is 9.59 Å². The van der Waals surface area contributed by atoms with Crippen LogP contribution in [0.5, 0.6) is 0 Å². The van der Waals surface area contributed by atoms with Gasteiger partial charge < -0.3 is 15.7 Å². The van der Waals surface area contributed by atoms with E-state index in [2.05, 4.69) is 10.6 Å². The summed E-state index contributed by atoms with van der Waals surface area (Å²) in [4.78, 5) is 21.3. The van der Waals surface area contributed by atoms with Gasteiger partial charge in [0.25, 0.3) is 0 Å². The van der Waals surface area contributed by atoms with Crippen molar-refractivity contribution in [1.29, 1.82) is 0 Å². The van der Waals surface area contributed by atoms with Gasteiger partial charge in [0.15, 0.2) is 0 Å². The Hall–Kier alpha value is -1.10. The minimum atomic E-state index is -0.831. The van der Waals surface area contributed by atoms with E-state index in [1.165, 1.54) is 0 Å². The number of carbonyl (C=O) groups excluding carboxylic acids is 1. The Labute approximate surface area is 83.9 Å². The Bertz CT molecular complexity index is 194. The van der Waals surface area contributed by atoms with E-state index in [1.54, 1.807) is 6.92 Å². The molecule has 1 atom stereocenters. The summed E-state index contributed by atoms with van der Waals surface area (Å²) in [5.74, 6) is -0.842. The topological polar surface area (TPSA) is 78.4 Å². The zero-order valence-electron chi connectivity index (χ0n) is 8.67. The molecular formula is C9H18N2O3. The maximum atomic E-state index is 11.0. The van der Waals surface area contributed by atoms with Crippen LogP contribution in [0.4, 0.5) is 0 Å². The molecule has 0 aliphatic rings. The first-order valence-corrected chi connectivity index (χ1v) is 4.78. The second kappa shape index (κ2) is 7.32. The molecule has 0 aliphatic heterocycles. The number of carbonyl (C=O) groups is 2. The van der Waals surface area contributed by atoms with Crippen molar-refractivity contribution in [2.45, 2.75) is 32.7 Å². The first-order valence-electron chi connectivity index (χ1n) is 4.78. The molecule has 5 heteroatoms. The molecule has 0 rings (SSSR count). The number of hydrogen-bond donors (Lipinski definition) is 3. The van der Waals surface area contributed by atoms with Gasteiger partial charge in [-0.1, -0.05) is 0 Å². The highest BCUT2D eigenvalue weighted by atomic mass is 16.4. The van der Waals surface area contributed by atoms with Crippen molar-refractivity contribution >= 4 is 11.9 Å². The van der Waals surface area contributed by atoms with Crippen molar-refractivity contribution in [3.8, 4) is 0 Å². The fourth-order valence-corrected chi connectivity index (χ4v) is 1.05. The van der Waals surface area contributed by atoms with Gasteiger partial charge in [0.05, 0.1) is 6.42 Å². The summed E-state index contributed by atoms with van der Waals surface area (Å²) in [6, 6.07) is -0.0954. The Morgan fingerprint density at radius 1 is 1.43 bits per heavy atom. The Kier molecular flexibility index (Phi) is 6.74.